The van der Waals surface area contributed by atoms with Crippen LogP contribution in [-0.2, 0) is 16.4 Å². The van der Waals surface area contributed by atoms with Crippen LogP contribution in [0.25, 0.3) is 10.9 Å². The Morgan fingerprint density at radius 3 is 2.38 bits per heavy atom. The van der Waals surface area contributed by atoms with Gasteiger partial charge in [-0.2, -0.15) is 0 Å². The molecule has 1 heterocycles. The van der Waals surface area contributed by atoms with E-state index in [0.717, 1.165) is 28.7 Å². The summed E-state index contributed by atoms with van der Waals surface area (Å²) >= 11 is 0. The number of aryl methyl sites for hydroxylation is 3. The number of nitrogens with zero attached hydrogens (tertiary/aromatic N) is 1. The molecule has 0 bridgehead atoms. The predicted molar refractivity (Wildman–Crippen MR) is 98.1 cm³/mol. The van der Waals surface area contributed by atoms with Gasteiger partial charge in [0.1, 0.15) is 4.90 Å². The molecular weight excluding hydrogens is 320 g/mol. The van der Waals surface area contributed by atoms with Crippen LogP contribution in [0.3, 0.4) is 0 Å². The van der Waals surface area contributed by atoms with Gasteiger partial charge >= 0.3 is 0 Å². The van der Waals surface area contributed by atoms with Gasteiger partial charge in [0.05, 0.1) is 4.90 Å². The molecule has 4 nitrogen and oxygen atoms in total. The number of hydrogen-bond acceptors (Lipinski definition) is 3. The Morgan fingerprint density at radius 2 is 1.71 bits per heavy atom. The Morgan fingerprint density at radius 1 is 1.04 bits per heavy atom. The Kier molecular flexibility index (Phi) is 3.92. The normalized spacial score (nSPS) is 12.0. The summed E-state index contributed by atoms with van der Waals surface area (Å²) in [6.45, 7) is 8.24. The van der Waals surface area contributed by atoms with Gasteiger partial charge in [0, 0.05) is 28.8 Å². The number of fused-ring (bicyclic) bond motifs is 1. The molecule has 0 saturated heterocycles. The van der Waals surface area contributed by atoms with E-state index in [1.165, 1.54) is 0 Å². The van der Waals surface area contributed by atoms with E-state index in [9.17, 15) is 8.42 Å². The van der Waals surface area contributed by atoms with Crippen LogP contribution in [0.2, 0.25) is 0 Å². The molecule has 0 amide bonds. The van der Waals surface area contributed by atoms with Crippen molar-refractivity contribution in [3.63, 3.8) is 0 Å². The van der Waals surface area contributed by atoms with Gasteiger partial charge in [-0.3, -0.25) is 0 Å². The maximum atomic E-state index is 13.4. The summed E-state index contributed by atoms with van der Waals surface area (Å²) in [4.78, 5) is 0.725. The number of hydrogen-bond donors (Lipinski definition) is 1. The first-order chi connectivity index (χ1) is 11.3. The van der Waals surface area contributed by atoms with E-state index in [1.807, 2.05) is 49.6 Å². The Labute approximate surface area is 142 Å². The van der Waals surface area contributed by atoms with Crippen LogP contribution in [0.1, 0.15) is 23.7 Å². The molecule has 0 radical (unpaired) electrons. The average molecular weight is 342 g/mol. The van der Waals surface area contributed by atoms with Crippen molar-refractivity contribution in [3.05, 3.63) is 53.2 Å². The number of nitrogen functional groups attached to an aromatic ring is 1. The van der Waals surface area contributed by atoms with Gasteiger partial charge in [0.15, 0.2) is 0 Å². The minimum atomic E-state index is -3.63. The zero-order valence-electron chi connectivity index (χ0n) is 14.4. The zero-order chi connectivity index (χ0) is 17.6. The molecule has 2 N–H and O–H groups in total. The van der Waals surface area contributed by atoms with Crippen molar-refractivity contribution in [2.24, 2.45) is 0 Å². The summed E-state index contributed by atoms with van der Waals surface area (Å²) in [7, 11) is -3.63. The first-order valence-electron chi connectivity index (χ1n) is 7.98. The lowest BCUT2D eigenvalue weighted by Crippen LogP contribution is -2.08. The number of nitrogens with two attached hydrogens (primary N) is 1. The Balaban J connectivity index is 2.39. The van der Waals surface area contributed by atoms with Crippen LogP contribution >= 0.6 is 0 Å². The van der Waals surface area contributed by atoms with Gasteiger partial charge in [-0.25, -0.2) is 8.42 Å². The Bertz CT molecular complexity index is 1050. The number of anilines is 1. The minimum Gasteiger partial charge on any atom is -0.399 e. The van der Waals surface area contributed by atoms with Crippen LogP contribution in [-0.4, -0.2) is 13.0 Å². The van der Waals surface area contributed by atoms with Gasteiger partial charge < -0.3 is 10.3 Å². The topological polar surface area (TPSA) is 65.1 Å². The lowest BCUT2D eigenvalue weighted by atomic mass is 10.1. The van der Waals surface area contributed by atoms with Gasteiger partial charge in [-0.05, 0) is 57.0 Å². The fraction of sp³-hybridized carbons (Fsp3) is 0.263. The molecule has 3 aromatic rings. The lowest BCUT2D eigenvalue weighted by molar-refractivity contribution is 0.594. The number of aromatic nitrogens is 1. The summed E-state index contributed by atoms with van der Waals surface area (Å²) in [5.74, 6) is 0. The van der Waals surface area contributed by atoms with Crippen LogP contribution < -0.4 is 5.73 Å². The molecule has 0 spiro atoms. The molecule has 126 valence electrons. The highest BCUT2D eigenvalue weighted by Crippen LogP contribution is 2.35. The molecule has 0 unspecified atom stereocenters. The monoisotopic (exact) mass is 342 g/mol. The van der Waals surface area contributed by atoms with Crippen molar-refractivity contribution >= 4 is 26.4 Å². The molecule has 0 saturated carbocycles. The van der Waals surface area contributed by atoms with Crippen LogP contribution in [0.15, 0.2) is 46.2 Å². The van der Waals surface area contributed by atoms with E-state index in [2.05, 4.69) is 0 Å². The van der Waals surface area contributed by atoms with Crippen LogP contribution in [0, 0.1) is 20.8 Å². The van der Waals surface area contributed by atoms with Crippen molar-refractivity contribution in [1.29, 1.82) is 0 Å². The van der Waals surface area contributed by atoms with Crippen LogP contribution in [0.5, 0.6) is 0 Å². The lowest BCUT2D eigenvalue weighted by Gasteiger charge is -2.11. The van der Waals surface area contributed by atoms with E-state index in [-0.39, 0.29) is 0 Å². The largest absolute Gasteiger partial charge is 0.399 e. The van der Waals surface area contributed by atoms with E-state index in [1.54, 1.807) is 19.1 Å². The van der Waals surface area contributed by atoms with Crippen molar-refractivity contribution < 1.29 is 8.42 Å². The first-order valence-corrected chi connectivity index (χ1v) is 9.47. The fourth-order valence-electron chi connectivity index (χ4n) is 3.36. The van der Waals surface area contributed by atoms with Crippen molar-refractivity contribution in [3.8, 4) is 0 Å². The van der Waals surface area contributed by atoms with E-state index >= 15 is 0 Å². The molecule has 0 atom stereocenters. The second-order valence-corrected chi connectivity index (χ2v) is 8.01. The number of benzene rings is 2. The van der Waals surface area contributed by atoms with Crippen LogP contribution in [0.4, 0.5) is 5.69 Å². The van der Waals surface area contributed by atoms with Gasteiger partial charge in [0.25, 0.3) is 0 Å². The standard InChI is InChI=1S/C19H22N2O2S/c1-5-21-14(4)19(15-8-6-7-9-17(15)21)24(22,23)18-11-12(2)16(20)10-13(18)3/h6-11H,5,20H2,1-4H3. The molecule has 0 fully saturated rings. The van der Waals surface area contributed by atoms with E-state index in [0.29, 0.717) is 21.0 Å². The molecule has 3 rings (SSSR count). The van der Waals surface area contributed by atoms with E-state index in [4.69, 9.17) is 5.73 Å². The highest BCUT2D eigenvalue weighted by molar-refractivity contribution is 7.91. The Hall–Kier alpha value is -2.27. The molecule has 2 aromatic carbocycles. The molecule has 0 aliphatic carbocycles. The third-order valence-electron chi connectivity index (χ3n) is 4.61. The summed E-state index contributed by atoms with van der Waals surface area (Å²) in [5.41, 5.74) is 9.69. The van der Waals surface area contributed by atoms with Gasteiger partial charge in [-0.15, -0.1) is 0 Å². The molecule has 24 heavy (non-hydrogen) atoms. The number of sulfone groups is 1. The van der Waals surface area contributed by atoms with Crippen molar-refractivity contribution in [2.45, 2.75) is 44.0 Å². The summed E-state index contributed by atoms with van der Waals surface area (Å²) in [5, 5.41) is 0.769. The fourth-order valence-corrected chi connectivity index (χ4v) is 5.35. The SMILES string of the molecule is CCn1c(C)c(S(=O)(=O)c2cc(C)c(N)cc2C)c2ccccc21. The quantitative estimate of drug-likeness (QED) is 0.732. The maximum absolute atomic E-state index is 13.4. The molecule has 5 heteroatoms. The second kappa shape index (κ2) is 5.67. The number of para-hydroxylation sites is 1. The second-order valence-electron chi connectivity index (χ2n) is 6.15. The van der Waals surface area contributed by atoms with Gasteiger partial charge in [0.2, 0.25) is 9.84 Å². The smallest absolute Gasteiger partial charge is 0.209 e. The first kappa shape index (κ1) is 16.6. The summed E-state index contributed by atoms with van der Waals surface area (Å²) in [6, 6.07) is 11.1. The van der Waals surface area contributed by atoms with Crippen molar-refractivity contribution in [1.82, 2.24) is 4.57 Å². The van der Waals surface area contributed by atoms with E-state index < -0.39 is 9.84 Å². The third-order valence-corrected chi connectivity index (χ3v) is 6.68. The number of rotatable bonds is 3. The minimum absolute atomic E-state index is 0.330. The van der Waals surface area contributed by atoms with Gasteiger partial charge in [-0.1, -0.05) is 18.2 Å². The average Bonchev–Trinajstić information content (AvgIpc) is 2.82. The summed E-state index contributed by atoms with van der Waals surface area (Å²) < 4.78 is 28.9. The highest BCUT2D eigenvalue weighted by atomic mass is 32.2. The summed E-state index contributed by atoms with van der Waals surface area (Å²) in [6.07, 6.45) is 0. The predicted octanol–water partition coefficient (Wildman–Crippen LogP) is 4.00. The highest BCUT2D eigenvalue weighted by Gasteiger charge is 2.28. The molecule has 0 aliphatic heterocycles. The molecule has 0 aliphatic rings. The molecular formula is C19H22N2O2S. The van der Waals surface area contributed by atoms with Crippen molar-refractivity contribution in [2.75, 3.05) is 5.73 Å². The molecule has 1 aromatic heterocycles. The third kappa shape index (κ3) is 2.31. The zero-order valence-corrected chi connectivity index (χ0v) is 15.2. The maximum Gasteiger partial charge on any atom is 0.209 e.